The lowest BCUT2D eigenvalue weighted by Crippen LogP contribution is -2.20. The number of carbonyl (C=O) groups excluding carboxylic acids is 2. The third-order valence-electron chi connectivity index (χ3n) is 4.26. The van der Waals surface area contributed by atoms with Crippen LogP contribution in [0.3, 0.4) is 0 Å². The van der Waals surface area contributed by atoms with Crippen LogP contribution < -0.4 is 0 Å². The van der Waals surface area contributed by atoms with Crippen molar-refractivity contribution in [3.05, 3.63) is 94.4 Å². The van der Waals surface area contributed by atoms with Crippen molar-refractivity contribution in [2.45, 2.75) is 26.9 Å². The first kappa shape index (κ1) is 17.7. The molecule has 0 fully saturated rings. The quantitative estimate of drug-likeness (QED) is 0.482. The summed E-state index contributed by atoms with van der Waals surface area (Å²) < 4.78 is 10.8. The van der Waals surface area contributed by atoms with Crippen molar-refractivity contribution in [1.82, 2.24) is 0 Å². The second-order valence-electron chi connectivity index (χ2n) is 6.32. The van der Waals surface area contributed by atoms with Gasteiger partial charge in [0.2, 0.25) is 5.78 Å². The molecule has 26 heavy (non-hydrogen) atoms. The lowest BCUT2D eigenvalue weighted by Gasteiger charge is -2.17. The molecule has 0 aliphatic carbocycles. The number of aryl methyl sites for hydroxylation is 3. The van der Waals surface area contributed by atoms with Crippen LogP contribution in [0.5, 0.6) is 0 Å². The van der Waals surface area contributed by atoms with Gasteiger partial charge in [-0.2, -0.15) is 0 Å². The van der Waals surface area contributed by atoms with E-state index in [9.17, 15) is 9.59 Å². The lowest BCUT2D eigenvalue weighted by atomic mass is 9.98. The Hall–Kier alpha value is -3.14. The number of benzene rings is 2. The van der Waals surface area contributed by atoms with E-state index in [0.29, 0.717) is 22.5 Å². The number of ether oxygens (including phenoxy) is 1. The summed E-state index contributed by atoms with van der Waals surface area (Å²) in [6.45, 7) is 5.59. The van der Waals surface area contributed by atoms with Crippen LogP contribution in [0, 0.1) is 20.8 Å². The molecule has 2 aromatic carbocycles. The van der Waals surface area contributed by atoms with Gasteiger partial charge in [0.1, 0.15) is 11.3 Å². The molecule has 3 rings (SSSR count). The van der Waals surface area contributed by atoms with E-state index >= 15 is 0 Å². The number of esters is 1. The monoisotopic (exact) mass is 348 g/mol. The van der Waals surface area contributed by atoms with Gasteiger partial charge < -0.3 is 9.15 Å². The van der Waals surface area contributed by atoms with Crippen LogP contribution in [0.4, 0.5) is 0 Å². The predicted octanol–water partition coefficient (Wildman–Crippen LogP) is 4.99. The number of hydrogen-bond acceptors (Lipinski definition) is 4. The summed E-state index contributed by atoms with van der Waals surface area (Å²) in [5.74, 6) is -0.383. The van der Waals surface area contributed by atoms with Crippen LogP contribution in [0.2, 0.25) is 0 Å². The summed E-state index contributed by atoms with van der Waals surface area (Å²) in [7, 11) is 0. The van der Waals surface area contributed by atoms with Gasteiger partial charge in [0.25, 0.3) is 0 Å². The molecule has 0 N–H and O–H groups in total. The minimum absolute atomic E-state index is 0.261. The Bertz CT molecular complexity index is 918. The normalized spacial score (nSPS) is 11.8. The molecule has 4 heteroatoms. The second kappa shape index (κ2) is 7.40. The molecule has 0 aliphatic heterocycles. The fourth-order valence-electron chi connectivity index (χ4n) is 2.65. The van der Waals surface area contributed by atoms with Gasteiger partial charge in [-0.1, -0.05) is 59.7 Å². The van der Waals surface area contributed by atoms with Gasteiger partial charge >= 0.3 is 5.97 Å². The highest BCUT2D eigenvalue weighted by atomic mass is 16.5. The summed E-state index contributed by atoms with van der Waals surface area (Å²) in [5, 5.41) is 0. The Kier molecular flexibility index (Phi) is 5.03. The third-order valence-corrected chi connectivity index (χ3v) is 4.26. The van der Waals surface area contributed by atoms with E-state index in [-0.39, 0.29) is 5.78 Å². The number of hydrogen-bond donors (Lipinski definition) is 0. The van der Waals surface area contributed by atoms with Gasteiger partial charge in [-0.25, -0.2) is 4.79 Å². The molecular formula is C22H20O4. The Balaban J connectivity index is 1.94. The van der Waals surface area contributed by atoms with Crippen molar-refractivity contribution >= 4 is 11.8 Å². The Labute approximate surface area is 152 Å². The van der Waals surface area contributed by atoms with Crippen LogP contribution in [-0.4, -0.2) is 11.8 Å². The second-order valence-corrected chi connectivity index (χ2v) is 6.32. The van der Waals surface area contributed by atoms with E-state index in [0.717, 1.165) is 11.1 Å². The van der Waals surface area contributed by atoms with Gasteiger partial charge in [0.15, 0.2) is 6.10 Å². The maximum absolute atomic E-state index is 13.0. The van der Waals surface area contributed by atoms with Crippen LogP contribution in [0.1, 0.15) is 49.3 Å². The molecule has 4 nitrogen and oxygen atoms in total. The first-order valence-electron chi connectivity index (χ1n) is 8.38. The van der Waals surface area contributed by atoms with E-state index in [1.807, 2.05) is 50.2 Å². The largest absolute Gasteiger partial charge is 0.469 e. The molecule has 3 aromatic rings. The maximum atomic E-state index is 13.0. The van der Waals surface area contributed by atoms with Crippen LogP contribution >= 0.6 is 0 Å². The van der Waals surface area contributed by atoms with Gasteiger partial charge in [-0.05, 0) is 26.8 Å². The van der Waals surface area contributed by atoms with E-state index in [2.05, 4.69) is 0 Å². The molecule has 0 aliphatic rings. The van der Waals surface area contributed by atoms with Gasteiger partial charge in [0.05, 0.1) is 6.26 Å². The highest BCUT2D eigenvalue weighted by molar-refractivity contribution is 6.02. The molecular weight excluding hydrogens is 328 g/mol. The Morgan fingerprint density at radius 2 is 1.42 bits per heavy atom. The zero-order chi connectivity index (χ0) is 18.7. The molecule has 0 spiro atoms. The lowest BCUT2D eigenvalue weighted by molar-refractivity contribution is 0.0278. The van der Waals surface area contributed by atoms with Crippen LogP contribution in [-0.2, 0) is 4.74 Å². The van der Waals surface area contributed by atoms with Crippen molar-refractivity contribution in [3.8, 4) is 0 Å². The van der Waals surface area contributed by atoms with E-state index < -0.39 is 12.1 Å². The SMILES string of the molecule is Cc1ccc(C(=O)[C@@H](OC(=O)c2ccoc2C)c2ccc(C)cc2)cc1. The van der Waals surface area contributed by atoms with E-state index in [1.54, 1.807) is 25.1 Å². The molecule has 0 amide bonds. The standard InChI is InChI=1S/C22H20O4/c1-14-4-8-17(9-5-14)20(23)21(18-10-6-15(2)7-11-18)26-22(24)19-12-13-25-16(19)3/h4-13,21H,1-3H3/t21-/m0/s1. The van der Waals surface area contributed by atoms with E-state index in [4.69, 9.17) is 9.15 Å². The van der Waals surface area contributed by atoms with Crippen molar-refractivity contribution in [1.29, 1.82) is 0 Å². The third kappa shape index (κ3) is 3.75. The summed E-state index contributed by atoms with van der Waals surface area (Å²) in [6, 6.07) is 16.2. The molecule has 1 aromatic heterocycles. The smallest absolute Gasteiger partial charge is 0.342 e. The molecule has 0 saturated carbocycles. The zero-order valence-corrected chi connectivity index (χ0v) is 15.0. The van der Waals surface area contributed by atoms with Gasteiger partial charge in [0, 0.05) is 11.1 Å². The highest BCUT2D eigenvalue weighted by Crippen LogP contribution is 2.25. The number of Topliss-reactive ketones (excluding diaryl/α,β-unsaturated/α-hetero) is 1. The minimum Gasteiger partial charge on any atom is -0.469 e. The first-order valence-corrected chi connectivity index (χ1v) is 8.38. The topological polar surface area (TPSA) is 56.5 Å². The van der Waals surface area contributed by atoms with Crippen molar-refractivity contribution in [2.24, 2.45) is 0 Å². The number of carbonyl (C=O) groups is 2. The average Bonchev–Trinajstić information content (AvgIpc) is 3.06. The molecule has 0 radical (unpaired) electrons. The fraction of sp³-hybridized carbons (Fsp3) is 0.182. The summed E-state index contributed by atoms with van der Waals surface area (Å²) in [4.78, 5) is 25.6. The zero-order valence-electron chi connectivity index (χ0n) is 15.0. The fourth-order valence-corrected chi connectivity index (χ4v) is 2.65. The van der Waals surface area contributed by atoms with Crippen molar-refractivity contribution in [2.75, 3.05) is 0 Å². The molecule has 132 valence electrons. The first-order chi connectivity index (χ1) is 12.5. The summed E-state index contributed by atoms with van der Waals surface area (Å²) in [6.07, 6.45) is 0.411. The number of furan rings is 1. The van der Waals surface area contributed by atoms with Gasteiger partial charge in [-0.15, -0.1) is 0 Å². The van der Waals surface area contributed by atoms with Crippen LogP contribution in [0.15, 0.2) is 65.3 Å². The van der Waals surface area contributed by atoms with Crippen LogP contribution in [0.25, 0.3) is 0 Å². The molecule has 1 atom stereocenters. The summed E-state index contributed by atoms with van der Waals surface area (Å²) in [5.41, 5.74) is 3.57. The molecule has 1 heterocycles. The molecule has 0 unspecified atom stereocenters. The Morgan fingerprint density at radius 3 is 1.96 bits per heavy atom. The Morgan fingerprint density at radius 1 is 0.846 bits per heavy atom. The van der Waals surface area contributed by atoms with Crippen molar-refractivity contribution < 1.29 is 18.7 Å². The summed E-state index contributed by atoms with van der Waals surface area (Å²) >= 11 is 0. The minimum atomic E-state index is -1.01. The highest BCUT2D eigenvalue weighted by Gasteiger charge is 2.27. The van der Waals surface area contributed by atoms with E-state index in [1.165, 1.54) is 6.26 Å². The maximum Gasteiger partial charge on any atom is 0.342 e. The van der Waals surface area contributed by atoms with Crippen molar-refractivity contribution in [3.63, 3.8) is 0 Å². The predicted molar refractivity (Wildman–Crippen MR) is 98.3 cm³/mol. The molecule has 0 bridgehead atoms. The molecule has 0 saturated heterocycles. The van der Waals surface area contributed by atoms with Gasteiger partial charge in [-0.3, -0.25) is 4.79 Å². The average molecular weight is 348 g/mol. The number of ketones is 1. The number of rotatable bonds is 5.